The average Bonchev–Trinajstić information content (AvgIpc) is 2.96. The van der Waals surface area contributed by atoms with Gasteiger partial charge in [-0.3, -0.25) is 14.2 Å². The van der Waals surface area contributed by atoms with Crippen LogP contribution in [0, 0.1) is 6.92 Å². The lowest BCUT2D eigenvalue weighted by atomic mass is 9.97. The van der Waals surface area contributed by atoms with E-state index in [1.165, 1.54) is 22.2 Å². The van der Waals surface area contributed by atoms with E-state index in [9.17, 15) is 9.59 Å². The molecule has 7 heteroatoms. The van der Waals surface area contributed by atoms with Crippen molar-refractivity contribution >= 4 is 33.3 Å². The number of fused-ring (bicyclic) bond motifs is 3. The molecule has 128 valence electrons. The van der Waals surface area contributed by atoms with Gasteiger partial charge in [0.1, 0.15) is 17.2 Å². The van der Waals surface area contributed by atoms with Gasteiger partial charge in [0.15, 0.2) is 0 Å². The van der Waals surface area contributed by atoms with Gasteiger partial charge in [0, 0.05) is 10.6 Å². The van der Waals surface area contributed by atoms with Crippen molar-refractivity contribution in [3.05, 3.63) is 51.0 Å². The van der Waals surface area contributed by atoms with Gasteiger partial charge in [0.05, 0.1) is 11.7 Å². The lowest BCUT2D eigenvalue weighted by Gasteiger charge is -2.10. The maximum absolute atomic E-state index is 12.8. The summed E-state index contributed by atoms with van der Waals surface area (Å²) < 4.78 is 1.38. The predicted octanol–water partition coefficient (Wildman–Crippen LogP) is 2.68. The Morgan fingerprint density at radius 3 is 3.00 bits per heavy atom. The molecule has 1 aliphatic carbocycles. The number of anilines is 1. The van der Waals surface area contributed by atoms with Crippen molar-refractivity contribution in [2.24, 2.45) is 0 Å². The number of aromatic nitrogens is 3. The van der Waals surface area contributed by atoms with E-state index in [1.54, 1.807) is 17.4 Å². The first kappa shape index (κ1) is 16.0. The molecule has 3 aromatic rings. The Hall–Kier alpha value is -2.54. The van der Waals surface area contributed by atoms with Crippen molar-refractivity contribution in [2.45, 2.75) is 39.2 Å². The summed E-state index contributed by atoms with van der Waals surface area (Å²) in [4.78, 5) is 35.8. The molecule has 0 saturated carbocycles. The molecule has 0 saturated heterocycles. The van der Waals surface area contributed by atoms with E-state index in [0.717, 1.165) is 35.4 Å². The Morgan fingerprint density at radius 2 is 2.16 bits per heavy atom. The van der Waals surface area contributed by atoms with Crippen LogP contribution in [-0.2, 0) is 24.2 Å². The number of nitrogens with one attached hydrogen (secondary N) is 1. The third-order valence-corrected chi connectivity index (χ3v) is 5.61. The van der Waals surface area contributed by atoms with Crippen LogP contribution in [0.15, 0.2) is 29.3 Å². The maximum atomic E-state index is 12.8. The van der Waals surface area contributed by atoms with Crippen LogP contribution in [0.25, 0.3) is 10.2 Å². The van der Waals surface area contributed by atoms with Gasteiger partial charge in [-0.1, -0.05) is 6.07 Å². The van der Waals surface area contributed by atoms with Crippen molar-refractivity contribution in [2.75, 3.05) is 5.32 Å². The van der Waals surface area contributed by atoms with Crippen LogP contribution in [0.1, 0.15) is 29.0 Å². The number of hydrogen-bond acceptors (Lipinski definition) is 5. The van der Waals surface area contributed by atoms with Crippen LogP contribution in [0.4, 0.5) is 5.82 Å². The highest BCUT2D eigenvalue weighted by Crippen LogP contribution is 2.33. The molecule has 0 aromatic carbocycles. The molecule has 0 atom stereocenters. The summed E-state index contributed by atoms with van der Waals surface area (Å²) in [7, 11) is 0. The fraction of sp³-hybridized carbons (Fsp3) is 0.333. The fourth-order valence-electron chi connectivity index (χ4n) is 3.24. The molecule has 0 fully saturated rings. The summed E-state index contributed by atoms with van der Waals surface area (Å²) in [6.07, 6.45) is 5.69. The second-order valence-corrected chi connectivity index (χ2v) is 7.36. The highest BCUT2D eigenvalue weighted by molar-refractivity contribution is 7.18. The number of rotatable bonds is 3. The van der Waals surface area contributed by atoms with Gasteiger partial charge in [-0.05, 0) is 50.3 Å². The van der Waals surface area contributed by atoms with Crippen LogP contribution in [0.2, 0.25) is 0 Å². The standard InChI is InChI=1S/C18H18N4O2S/c1-11-5-4-8-14(20-11)21-15(23)9-22-10-19-17-16(18(22)24)12-6-2-3-7-13(12)25-17/h4-5,8,10H,2-3,6-7,9H2,1H3,(H,20,21,23). The zero-order valence-electron chi connectivity index (χ0n) is 13.9. The summed E-state index contributed by atoms with van der Waals surface area (Å²) in [6.45, 7) is 1.79. The molecule has 3 aromatic heterocycles. The van der Waals surface area contributed by atoms with E-state index < -0.39 is 0 Å². The SMILES string of the molecule is Cc1cccc(NC(=O)Cn2cnc3sc4c(c3c2=O)CCCC4)n1. The topological polar surface area (TPSA) is 76.9 Å². The molecule has 25 heavy (non-hydrogen) atoms. The third kappa shape index (κ3) is 3.07. The Labute approximate surface area is 148 Å². The van der Waals surface area contributed by atoms with Crippen molar-refractivity contribution in [3.8, 4) is 0 Å². The number of carbonyl (C=O) groups is 1. The summed E-state index contributed by atoms with van der Waals surface area (Å²) in [5, 5.41) is 3.43. The minimum absolute atomic E-state index is 0.0674. The Kier molecular flexibility index (Phi) is 4.09. The zero-order chi connectivity index (χ0) is 17.4. The van der Waals surface area contributed by atoms with Gasteiger partial charge in [-0.25, -0.2) is 9.97 Å². The molecule has 6 nitrogen and oxygen atoms in total. The lowest BCUT2D eigenvalue weighted by Crippen LogP contribution is -2.28. The molecule has 0 bridgehead atoms. The van der Waals surface area contributed by atoms with Gasteiger partial charge in [0.25, 0.3) is 5.56 Å². The van der Waals surface area contributed by atoms with Crippen LogP contribution in [-0.4, -0.2) is 20.4 Å². The first-order valence-electron chi connectivity index (χ1n) is 8.35. The first-order chi connectivity index (χ1) is 12.1. The third-order valence-electron chi connectivity index (χ3n) is 4.41. The molecule has 1 N–H and O–H groups in total. The average molecular weight is 354 g/mol. The minimum Gasteiger partial charge on any atom is -0.309 e. The number of carbonyl (C=O) groups excluding carboxylic acids is 1. The molecule has 0 spiro atoms. The largest absolute Gasteiger partial charge is 0.309 e. The summed E-state index contributed by atoms with van der Waals surface area (Å²) in [6, 6.07) is 5.41. The first-order valence-corrected chi connectivity index (χ1v) is 9.16. The molecular formula is C18H18N4O2S. The smallest absolute Gasteiger partial charge is 0.262 e. The summed E-state index contributed by atoms with van der Waals surface area (Å²) in [5.41, 5.74) is 1.83. The van der Waals surface area contributed by atoms with E-state index in [-0.39, 0.29) is 18.0 Å². The molecule has 3 heterocycles. The Morgan fingerprint density at radius 1 is 1.32 bits per heavy atom. The normalized spacial score (nSPS) is 13.6. The molecule has 1 aliphatic rings. The maximum Gasteiger partial charge on any atom is 0.262 e. The number of amides is 1. The highest BCUT2D eigenvalue weighted by atomic mass is 32.1. The van der Waals surface area contributed by atoms with Crippen LogP contribution in [0.5, 0.6) is 0 Å². The van der Waals surface area contributed by atoms with Crippen molar-refractivity contribution in [1.82, 2.24) is 14.5 Å². The van der Waals surface area contributed by atoms with Gasteiger partial charge in [0.2, 0.25) is 5.91 Å². The van der Waals surface area contributed by atoms with E-state index in [4.69, 9.17) is 0 Å². The van der Waals surface area contributed by atoms with Crippen molar-refractivity contribution in [3.63, 3.8) is 0 Å². The van der Waals surface area contributed by atoms with Crippen molar-refractivity contribution in [1.29, 1.82) is 0 Å². The quantitative estimate of drug-likeness (QED) is 0.784. The van der Waals surface area contributed by atoms with Gasteiger partial charge >= 0.3 is 0 Å². The minimum atomic E-state index is -0.287. The van der Waals surface area contributed by atoms with Crippen LogP contribution >= 0.6 is 11.3 Å². The zero-order valence-corrected chi connectivity index (χ0v) is 14.7. The Bertz CT molecular complexity index is 1020. The number of pyridine rings is 1. The highest BCUT2D eigenvalue weighted by Gasteiger charge is 2.20. The summed E-state index contributed by atoms with van der Waals surface area (Å²) in [5.74, 6) is 0.199. The second kappa shape index (κ2) is 6.40. The van der Waals surface area contributed by atoms with Gasteiger partial charge in [-0.2, -0.15) is 0 Å². The molecule has 4 rings (SSSR count). The van der Waals surface area contributed by atoms with E-state index in [1.807, 2.05) is 19.1 Å². The second-order valence-electron chi connectivity index (χ2n) is 6.28. The predicted molar refractivity (Wildman–Crippen MR) is 98.1 cm³/mol. The number of thiophene rings is 1. The molecular weight excluding hydrogens is 336 g/mol. The van der Waals surface area contributed by atoms with E-state index in [0.29, 0.717) is 11.2 Å². The lowest BCUT2D eigenvalue weighted by molar-refractivity contribution is -0.116. The Balaban J connectivity index is 1.62. The molecule has 0 radical (unpaired) electrons. The summed E-state index contributed by atoms with van der Waals surface area (Å²) >= 11 is 1.61. The van der Waals surface area contributed by atoms with Gasteiger partial charge in [-0.15, -0.1) is 11.3 Å². The fourth-order valence-corrected chi connectivity index (χ4v) is 4.46. The monoisotopic (exact) mass is 354 g/mol. The van der Waals surface area contributed by atoms with E-state index in [2.05, 4.69) is 15.3 Å². The number of nitrogens with zero attached hydrogens (tertiary/aromatic N) is 3. The van der Waals surface area contributed by atoms with Crippen LogP contribution in [0.3, 0.4) is 0 Å². The number of aryl methyl sites for hydroxylation is 3. The number of hydrogen-bond donors (Lipinski definition) is 1. The van der Waals surface area contributed by atoms with Crippen molar-refractivity contribution < 1.29 is 4.79 Å². The van der Waals surface area contributed by atoms with Crippen LogP contribution < -0.4 is 10.9 Å². The molecule has 0 aliphatic heterocycles. The molecule has 0 unspecified atom stereocenters. The molecule has 1 amide bonds. The van der Waals surface area contributed by atoms with Gasteiger partial charge < -0.3 is 5.32 Å². The van der Waals surface area contributed by atoms with E-state index >= 15 is 0 Å².